The minimum absolute atomic E-state index is 0.762. The summed E-state index contributed by atoms with van der Waals surface area (Å²) in [5.74, 6) is 0. The fraction of sp³-hybridized carbons (Fsp3) is 0.125. The molecular formula is C16H14BrN3. The van der Waals surface area contributed by atoms with Crippen LogP contribution in [-0.4, -0.2) is 14.8 Å². The third-order valence-corrected chi connectivity index (χ3v) is 3.90. The second-order valence-electron chi connectivity index (χ2n) is 4.62. The summed E-state index contributed by atoms with van der Waals surface area (Å²) in [5, 5.41) is 4.23. The lowest BCUT2D eigenvalue weighted by atomic mass is 10.1. The van der Waals surface area contributed by atoms with E-state index in [0.717, 1.165) is 33.5 Å². The number of aromatic nitrogens is 3. The Kier molecular flexibility index (Phi) is 3.65. The summed E-state index contributed by atoms with van der Waals surface area (Å²) in [5.41, 5.74) is 4.30. The second-order valence-corrected chi connectivity index (χ2v) is 5.47. The molecule has 0 N–H and O–H groups in total. The van der Waals surface area contributed by atoms with E-state index in [0.29, 0.717) is 0 Å². The zero-order valence-corrected chi connectivity index (χ0v) is 12.7. The normalized spacial score (nSPS) is 10.7. The highest BCUT2D eigenvalue weighted by Crippen LogP contribution is 2.21. The summed E-state index contributed by atoms with van der Waals surface area (Å²) in [6, 6.07) is 16.4. The van der Waals surface area contributed by atoms with Crippen LogP contribution in [0.2, 0.25) is 0 Å². The van der Waals surface area contributed by atoms with E-state index in [1.807, 2.05) is 48.3 Å². The Balaban J connectivity index is 1.93. The molecule has 0 fully saturated rings. The van der Waals surface area contributed by atoms with Gasteiger partial charge in [0.05, 0.1) is 22.1 Å². The van der Waals surface area contributed by atoms with Gasteiger partial charge in [-0.25, -0.2) is 0 Å². The number of aryl methyl sites for hydroxylation is 1. The van der Waals surface area contributed by atoms with Crippen molar-refractivity contribution in [1.29, 1.82) is 0 Å². The molecule has 3 nitrogen and oxygen atoms in total. The zero-order chi connectivity index (χ0) is 13.9. The van der Waals surface area contributed by atoms with Crippen molar-refractivity contribution in [2.75, 3.05) is 0 Å². The third-order valence-electron chi connectivity index (χ3n) is 3.24. The highest BCUT2D eigenvalue weighted by molar-refractivity contribution is 9.10. The van der Waals surface area contributed by atoms with Crippen molar-refractivity contribution in [3.8, 4) is 11.3 Å². The van der Waals surface area contributed by atoms with Crippen LogP contribution in [-0.2, 0) is 13.5 Å². The molecule has 2 aromatic heterocycles. The van der Waals surface area contributed by atoms with Crippen LogP contribution in [0.25, 0.3) is 11.3 Å². The molecule has 0 amide bonds. The molecule has 1 aromatic carbocycles. The molecule has 0 aliphatic heterocycles. The van der Waals surface area contributed by atoms with Crippen LogP contribution in [0.5, 0.6) is 0 Å². The van der Waals surface area contributed by atoms with Gasteiger partial charge in [-0.1, -0.05) is 36.4 Å². The van der Waals surface area contributed by atoms with Crippen LogP contribution >= 0.6 is 15.9 Å². The molecule has 20 heavy (non-hydrogen) atoms. The maximum atomic E-state index is 4.74. The van der Waals surface area contributed by atoms with Gasteiger partial charge in [0.2, 0.25) is 0 Å². The predicted octanol–water partition coefficient (Wildman–Crippen LogP) is 3.84. The molecule has 0 unspecified atom stereocenters. The highest BCUT2D eigenvalue weighted by atomic mass is 79.9. The van der Waals surface area contributed by atoms with Gasteiger partial charge in [0.25, 0.3) is 0 Å². The largest absolute Gasteiger partial charge is 0.271 e. The Morgan fingerprint density at radius 2 is 1.85 bits per heavy atom. The molecule has 0 bridgehead atoms. The molecule has 0 saturated carbocycles. The predicted molar refractivity (Wildman–Crippen MR) is 83.4 cm³/mol. The summed E-state index contributed by atoms with van der Waals surface area (Å²) < 4.78 is 2.90. The first kappa shape index (κ1) is 13.1. The average Bonchev–Trinajstić information content (AvgIpc) is 2.80. The summed E-state index contributed by atoms with van der Waals surface area (Å²) >= 11 is 3.53. The van der Waals surface area contributed by atoms with Gasteiger partial charge in [-0.15, -0.1) is 0 Å². The lowest BCUT2D eigenvalue weighted by molar-refractivity contribution is 0.720. The highest BCUT2D eigenvalue weighted by Gasteiger charge is 2.08. The first-order chi connectivity index (χ1) is 9.74. The summed E-state index contributed by atoms with van der Waals surface area (Å²) in [6.45, 7) is 0. The van der Waals surface area contributed by atoms with E-state index in [1.165, 1.54) is 0 Å². The van der Waals surface area contributed by atoms with Crippen LogP contribution in [0.15, 0.2) is 59.2 Å². The Morgan fingerprint density at radius 1 is 1.05 bits per heavy atom. The van der Waals surface area contributed by atoms with Crippen molar-refractivity contribution in [3.05, 3.63) is 70.6 Å². The lowest BCUT2D eigenvalue weighted by Crippen LogP contribution is -2.01. The van der Waals surface area contributed by atoms with Gasteiger partial charge < -0.3 is 0 Å². The zero-order valence-electron chi connectivity index (χ0n) is 11.1. The molecule has 0 saturated heterocycles. The molecule has 0 atom stereocenters. The van der Waals surface area contributed by atoms with Crippen molar-refractivity contribution >= 4 is 15.9 Å². The van der Waals surface area contributed by atoms with Crippen LogP contribution in [0.4, 0.5) is 0 Å². The van der Waals surface area contributed by atoms with E-state index in [9.17, 15) is 0 Å². The molecule has 2 heterocycles. The number of halogens is 1. The monoisotopic (exact) mass is 327 g/mol. The minimum Gasteiger partial charge on any atom is -0.271 e. The lowest BCUT2D eigenvalue weighted by Gasteiger charge is -2.06. The van der Waals surface area contributed by atoms with Crippen LogP contribution in [0.3, 0.4) is 0 Å². The average molecular weight is 328 g/mol. The summed E-state index contributed by atoms with van der Waals surface area (Å²) in [7, 11) is 1.95. The Labute approximate surface area is 126 Å². The van der Waals surface area contributed by atoms with Gasteiger partial charge in [-0.3, -0.25) is 9.67 Å². The van der Waals surface area contributed by atoms with Gasteiger partial charge in [0.1, 0.15) is 0 Å². The number of hydrogen-bond acceptors (Lipinski definition) is 2. The van der Waals surface area contributed by atoms with E-state index in [2.05, 4.69) is 39.2 Å². The van der Waals surface area contributed by atoms with Gasteiger partial charge in [0, 0.05) is 24.7 Å². The van der Waals surface area contributed by atoms with Crippen molar-refractivity contribution in [2.45, 2.75) is 6.42 Å². The molecule has 0 spiro atoms. The van der Waals surface area contributed by atoms with Gasteiger partial charge in [-0.05, 0) is 28.1 Å². The second kappa shape index (κ2) is 5.59. The van der Waals surface area contributed by atoms with E-state index in [1.54, 1.807) is 0 Å². The smallest absolute Gasteiger partial charge is 0.0705 e. The standard InChI is InChI=1S/C16H14BrN3/c1-20-16(14(17)11-18-20)10-13-8-5-9-15(19-13)12-6-3-2-4-7-12/h2-9,11H,10H2,1H3. The quantitative estimate of drug-likeness (QED) is 0.731. The Bertz CT molecular complexity index is 700. The van der Waals surface area contributed by atoms with E-state index in [-0.39, 0.29) is 0 Å². The van der Waals surface area contributed by atoms with Crippen molar-refractivity contribution < 1.29 is 0 Å². The SMILES string of the molecule is Cn1ncc(Br)c1Cc1cccc(-c2ccccc2)n1. The minimum atomic E-state index is 0.762. The molecule has 3 rings (SSSR count). The maximum Gasteiger partial charge on any atom is 0.0705 e. The van der Waals surface area contributed by atoms with Gasteiger partial charge >= 0.3 is 0 Å². The Morgan fingerprint density at radius 3 is 2.55 bits per heavy atom. The van der Waals surface area contributed by atoms with Crippen LogP contribution < -0.4 is 0 Å². The molecular weight excluding hydrogens is 314 g/mol. The third kappa shape index (κ3) is 2.65. The number of hydrogen-bond donors (Lipinski definition) is 0. The number of benzene rings is 1. The number of nitrogens with zero attached hydrogens (tertiary/aromatic N) is 3. The summed E-state index contributed by atoms with van der Waals surface area (Å²) in [6.07, 6.45) is 2.58. The maximum absolute atomic E-state index is 4.74. The van der Waals surface area contributed by atoms with Gasteiger partial charge in [0.15, 0.2) is 0 Å². The molecule has 0 aliphatic rings. The molecule has 0 aliphatic carbocycles. The fourth-order valence-corrected chi connectivity index (χ4v) is 2.64. The number of rotatable bonds is 3. The van der Waals surface area contributed by atoms with Crippen molar-refractivity contribution in [2.24, 2.45) is 7.05 Å². The van der Waals surface area contributed by atoms with Crippen molar-refractivity contribution in [3.63, 3.8) is 0 Å². The molecule has 3 aromatic rings. The summed E-state index contributed by atoms with van der Waals surface area (Å²) in [4.78, 5) is 4.74. The van der Waals surface area contributed by atoms with Crippen molar-refractivity contribution in [1.82, 2.24) is 14.8 Å². The fourth-order valence-electron chi connectivity index (χ4n) is 2.15. The van der Waals surface area contributed by atoms with Crippen LogP contribution in [0.1, 0.15) is 11.4 Å². The molecule has 4 heteroatoms. The molecule has 100 valence electrons. The topological polar surface area (TPSA) is 30.7 Å². The number of pyridine rings is 1. The first-order valence-corrected chi connectivity index (χ1v) is 7.21. The van der Waals surface area contributed by atoms with E-state index in [4.69, 9.17) is 4.98 Å². The first-order valence-electron chi connectivity index (χ1n) is 6.42. The van der Waals surface area contributed by atoms with Gasteiger partial charge in [-0.2, -0.15) is 5.10 Å². The van der Waals surface area contributed by atoms with Crippen LogP contribution in [0, 0.1) is 0 Å². The van der Waals surface area contributed by atoms with E-state index >= 15 is 0 Å². The van der Waals surface area contributed by atoms with E-state index < -0.39 is 0 Å². The Hall–Kier alpha value is -1.94. The molecule has 0 radical (unpaired) electrons.